The molecule has 1 aliphatic rings. The average Bonchev–Trinajstić information content (AvgIpc) is 2.65. The number of hydrogen-bond donors (Lipinski definition) is 1. The third kappa shape index (κ3) is 4.93. The molecule has 5 nitrogen and oxygen atoms in total. The first-order valence-corrected chi connectivity index (χ1v) is 9.77. The molecular formula is C21H31N3O2. The summed E-state index contributed by atoms with van der Waals surface area (Å²) < 4.78 is 5.54. The summed E-state index contributed by atoms with van der Waals surface area (Å²) in [7, 11) is 0. The van der Waals surface area contributed by atoms with Gasteiger partial charge in [0, 0.05) is 56.1 Å². The normalized spacial score (nSPS) is 17.0. The van der Waals surface area contributed by atoms with Gasteiger partial charge >= 0.3 is 0 Å². The van der Waals surface area contributed by atoms with Crippen LogP contribution in [-0.2, 0) is 4.74 Å². The SMILES string of the molecule is CCCCOCC(O)CN1CCN(c2cc(C)nc3ccccc23)CC1. The molecule has 0 amide bonds. The van der Waals surface area contributed by atoms with Crippen molar-refractivity contribution in [1.29, 1.82) is 0 Å². The highest BCUT2D eigenvalue weighted by Gasteiger charge is 2.21. The third-order valence-corrected chi connectivity index (χ3v) is 4.96. The van der Waals surface area contributed by atoms with E-state index >= 15 is 0 Å². The van der Waals surface area contributed by atoms with Gasteiger partial charge in [-0.15, -0.1) is 0 Å². The number of benzene rings is 1. The molecule has 26 heavy (non-hydrogen) atoms. The minimum absolute atomic E-state index is 0.401. The fourth-order valence-corrected chi connectivity index (χ4v) is 3.54. The van der Waals surface area contributed by atoms with Crippen molar-refractivity contribution in [3.63, 3.8) is 0 Å². The molecule has 2 aromatic rings. The maximum Gasteiger partial charge on any atom is 0.0900 e. The van der Waals surface area contributed by atoms with E-state index in [0.717, 1.165) is 56.8 Å². The molecule has 0 radical (unpaired) electrons. The van der Waals surface area contributed by atoms with Gasteiger partial charge in [0.15, 0.2) is 0 Å². The maximum absolute atomic E-state index is 10.2. The van der Waals surface area contributed by atoms with Crippen molar-refractivity contribution in [3.8, 4) is 0 Å². The van der Waals surface area contributed by atoms with Crippen molar-refractivity contribution >= 4 is 16.6 Å². The number of aliphatic hydroxyl groups excluding tert-OH is 1. The number of aryl methyl sites for hydroxylation is 1. The molecule has 1 atom stereocenters. The first kappa shape index (κ1) is 19.1. The average molecular weight is 357 g/mol. The predicted molar refractivity (Wildman–Crippen MR) is 107 cm³/mol. The predicted octanol–water partition coefficient (Wildman–Crippen LogP) is 2.84. The quantitative estimate of drug-likeness (QED) is 0.736. The van der Waals surface area contributed by atoms with E-state index in [9.17, 15) is 5.11 Å². The smallest absolute Gasteiger partial charge is 0.0900 e. The van der Waals surface area contributed by atoms with Gasteiger partial charge in [-0.2, -0.15) is 0 Å². The number of piperazine rings is 1. The van der Waals surface area contributed by atoms with E-state index in [4.69, 9.17) is 4.74 Å². The van der Waals surface area contributed by atoms with Gasteiger partial charge in [0.05, 0.1) is 18.2 Å². The van der Waals surface area contributed by atoms with E-state index in [2.05, 4.69) is 52.9 Å². The molecule has 0 spiro atoms. The number of hydrogen-bond acceptors (Lipinski definition) is 5. The Kier molecular flexibility index (Phi) is 6.83. The Hall–Kier alpha value is -1.69. The number of aliphatic hydroxyl groups is 1. The molecule has 142 valence electrons. The summed E-state index contributed by atoms with van der Waals surface area (Å²) in [6.45, 7) is 9.94. The Morgan fingerprint density at radius 3 is 2.73 bits per heavy atom. The van der Waals surface area contributed by atoms with Crippen LogP contribution in [0.15, 0.2) is 30.3 Å². The number of aromatic nitrogens is 1. The van der Waals surface area contributed by atoms with E-state index in [1.165, 1.54) is 11.1 Å². The number of rotatable bonds is 8. The lowest BCUT2D eigenvalue weighted by molar-refractivity contribution is 0.0150. The van der Waals surface area contributed by atoms with Crippen molar-refractivity contribution < 1.29 is 9.84 Å². The molecule has 1 N–H and O–H groups in total. The highest BCUT2D eigenvalue weighted by molar-refractivity contribution is 5.92. The van der Waals surface area contributed by atoms with Crippen molar-refractivity contribution in [2.75, 3.05) is 50.8 Å². The van der Waals surface area contributed by atoms with Crippen LogP contribution in [0.25, 0.3) is 10.9 Å². The number of ether oxygens (including phenoxy) is 1. The number of unbranched alkanes of at least 4 members (excludes halogenated alkanes) is 1. The third-order valence-electron chi connectivity index (χ3n) is 4.96. The van der Waals surface area contributed by atoms with Crippen LogP contribution >= 0.6 is 0 Å². The molecule has 3 rings (SSSR count). The Morgan fingerprint density at radius 2 is 1.96 bits per heavy atom. The second-order valence-electron chi connectivity index (χ2n) is 7.17. The van der Waals surface area contributed by atoms with Gasteiger partial charge < -0.3 is 14.7 Å². The molecular weight excluding hydrogens is 326 g/mol. The van der Waals surface area contributed by atoms with Crippen LogP contribution in [0.2, 0.25) is 0 Å². The van der Waals surface area contributed by atoms with Crippen LogP contribution in [0.5, 0.6) is 0 Å². The molecule has 1 aliphatic heterocycles. The zero-order valence-electron chi connectivity index (χ0n) is 16.0. The zero-order valence-corrected chi connectivity index (χ0v) is 16.0. The van der Waals surface area contributed by atoms with Crippen LogP contribution in [0.3, 0.4) is 0 Å². The monoisotopic (exact) mass is 357 g/mol. The number of pyridine rings is 1. The Balaban J connectivity index is 1.54. The number of anilines is 1. The van der Waals surface area contributed by atoms with E-state index < -0.39 is 6.10 Å². The van der Waals surface area contributed by atoms with Gasteiger partial charge in [0.1, 0.15) is 0 Å². The van der Waals surface area contributed by atoms with E-state index in [-0.39, 0.29) is 0 Å². The van der Waals surface area contributed by atoms with E-state index in [0.29, 0.717) is 13.2 Å². The molecule has 1 saturated heterocycles. The molecule has 5 heteroatoms. The molecule has 0 bridgehead atoms. The summed E-state index contributed by atoms with van der Waals surface area (Å²) in [4.78, 5) is 9.42. The summed E-state index contributed by atoms with van der Waals surface area (Å²) in [5.74, 6) is 0. The molecule has 1 fully saturated rings. The van der Waals surface area contributed by atoms with Gasteiger partial charge in [-0.1, -0.05) is 31.5 Å². The van der Waals surface area contributed by atoms with Gasteiger partial charge in [0.25, 0.3) is 0 Å². The van der Waals surface area contributed by atoms with Gasteiger partial charge in [-0.3, -0.25) is 9.88 Å². The minimum Gasteiger partial charge on any atom is -0.389 e. The van der Waals surface area contributed by atoms with E-state index in [1.807, 2.05) is 6.07 Å². The Labute approximate surface area is 156 Å². The van der Waals surface area contributed by atoms with Gasteiger partial charge in [-0.05, 0) is 25.5 Å². The largest absolute Gasteiger partial charge is 0.389 e. The fourth-order valence-electron chi connectivity index (χ4n) is 3.54. The van der Waals surface area contributed by atoms with Gasteiger partial charge in [0.2, 0.25) is 0 Å². The second kappa shape index (κ2) is 9.31. The summed E-state index contributed by atoms with van der Waals surface area (Å²) in [5, 5.41) is 11.4. The molecule has 1 aromatic heterocycles. The van der Waals surface area contributed by atoms with Gasteiger partial charge in [-0.25, -0.2) is 0 Å². The Bertz CT molecular complexity index is 699. The highest BCUT2D eigenvalue weighted by Crippen LogP contribution is 2.27. The summed E-state index contributed by atoms with van der Waals surface area (Å²) in [6, 6.07) is 10.5. The molecule has 2 heterocycles. The lowest BCUT2D eigenvalue weighted by atomic mass is 10.1. The Morgan fingerprint density at radius 1 is 1.19 bits per heavy atom. The standard InChI is InChI=1S/C21H31N3O2/c1-3-4-13-26-16-18(25)15-23-9-11-24(12-10-23)21-14-17(2)22-20-8-6-5-7-19(20)21/h5-8,14,18,25H,3-4,9-13,15-16H2,1-2H3. The van der Waals surface area contributed by atoms with Crippen molar-refractivity contribution in [2.24, 2.45) is 0 Å². The topological polar surface area (TPSA) is 48.8 Å². The maximum atomic E-state index is 10.2. The van der Waals surface area contributed by atoms with E-state index in [1.54, 1.807) is 0 Å². The molecule has 0 aliphatic carbocycles. The first-order chi connectivity index (χ1) is 12.7. The lowest BCUT2D eigenvalue weighted by Gasteiger charge is -2.37. The van der Waals surface area contributed by atoms with Crippen LogP contribution in [0.4, 0.5) is 5.69 Å². The fraction of sp³-hybridized carbons (Fsp3) is 0.571. The molecule has 1 unspecified atom stereocenters. The minimum atomic E-state index is -0.401. The highest BCUT2D eigenvalue weighted by atomic mass is 16.5. The second-order valence-corrected chi connectivity index (χ2v) is 7.17. The lowest BCUT2D eigenvalue weighted by Crippen LogP contribution is -2.49. The van der Waals surface area contributed by atoms with Crippen LogP contribution < -0.4 is 4.90 Å². The number of nitrogens with zero attached hydrogens (tertiary/aromatic N) is 3. The summed E-state index contributed by atoms with van der Waals surface area (Å²) in [5.41, 5.74) is 3.39. The summed E-state index contributed by atoms with van der Waals surface area (Å²) in [6.07, 6.45) is 1.79. The van der Waals surface area contributed by atoms with Crippen LogP contribution in [-0.4, -0.2) is 67.0 Å². The molecule has 1 aromatic carbocycles. The van der Waals surface area contributed by atoms with Crippen LogP contribution in [0, 0.1) is 6.92 Å². The molecule has 0 saturated carbocycles. The number of β-amino-alcohol motifs (C(OH)–C–C–N with tert-alkyl or cyclic N) is 1. The number of para-hydroxylation sites is 1. The number of fused-ring (bicyclic) bond motifs is 1. The van der Waals surface area contributed by atoms with Crippen molar-refractivity contribution in [1.82, 2.24) is 9.88 Å². The van der Waals surface area contributed by atoms with Crippen LogP contribution in [0.1, 0.15) is 25.5 Å². The van der Waals surface area contributed by atoms with Crippen molar-refractivity contribution in [2.45, 2.75) is 32.8 Å². The zero-order chi connectivity index (χ0) is 18.4. The first-order valence-electron chi connectivity index (χ1n) is 9.77. The van der Waals surface area contributed by atoms with Crippen molar-refractivity contribution in [3.05, 3.63) is 36.0 Å². The summed E-state index contributed by atoms with van der Waals surface area (Å²) >= 11 is 0.